The minimum atomic E-state index is -0.676. The van der Waals surface area contributed by atoms with Crippen LogP contribution in [-0.4, -0.2) is 61.2 Å². The van der Waals surface area contributed by atoms with Crippen LogP contribution in [-0.2, 0) is 0 Å². The minimum absolute atomic E-state index is 0.0705. The third-order valence-corrected chi connectivity index (χ3v) is 6.59. The van der Waals surface area contributed by atoms with Crippen molar-refractivity contribution in [1.29, 1.82) is 5.26 Å². The number of aryl methyl sites for hydroxylation is 2. The molecule has 1 amide bonds. The first-order chi connectivity index (χ1) is 15.9. The summed E-state index contributed by atoms with van der Waals surface area (Å²) in [6.45, 7) is 5.35. The lowest BCUT2D eigenvalue weighted by Gasteiger charge is -2.34. The number of aromatic nitrogens is 4. The number of aliphatic hydroxyl groups is 1. The van der Waals surface area contributed by atoms with Gasteiger partial charge in [0.2, 0.25) is 0 Å². The standard InChI is InChI=1S/C24H27N7O2/c1-15-12-31-22(27-23(15)29-13-17(11-25)21(32)14-29)10-19(28-31)20-8-3-4-9-30(20)24(33)18-7-5-6-16(2)26-18/h5-7,10,12,17,20-21,32H,3-4,8-9,13-14H2,1-2H3/t17-,20+,21+/m1/s1. The SMILES string of the molecule is Cc1cccc(C(=O)N2CCCC[C@H]2c2cc3nc(N4C[C@@H](C#N)[C@@H](O)C4)c(C)cn3n2)n1. The summed E-state index contributed by atoms with van der Waals surface area (Å²) in [4.78, 5) is 26.4. The molecule has 0 aromatic carbocycles. The van der Waals surface area contributed by atoms with Crippen molar-refractivity contribution in [3.8, 4) is 6.07 Å². The highest BCUT2D eigenvalue weighted by Crippen LogP contribution is 2.33. The highest BCUT2D eigenvalue weighted by atomic mass is 16.3. The zero-order valence-electron chi connectivity index (χ0n) is 18.8. The summed E-state index contributed by atoms with van der Waals surface area (Å²) in [6.07, 6.45) is 4.08. The molecule has 0 radical (unpaired) electrons. The predicted molar refractivity (Wildman–Crippen MR) is 122 cm³/mol. The summed E-state index contributed by atoms with van der Waals surface area (Å²) in [7, 11) is 0. The Balaban J connectivity index is 1.46. The second kappa shape index (κ2) is 8.45. The molecule has 1 N–H and O–H groups in total. The number of hydrogen-bond acceptors (Lipinski definition) is 7. The van der Waals surface area contributed by atoms with Crippen LogP contribution in [0, 0.1) is 31.1 Å². The summed E-state index contributed by atoms with van der Waals surface area (Å²) >= 11 is 0. The Kier molecular flexibility index (Phi) is 5.46. The molecule has 3 atom stereocenters. The summed E-state index contributed by atoms with van der Waals surface area (Å²) in [5.74, 6) is 0.269. The van der Waals surface area contributed by atoms with Gasteiger partial charge in [-0.3, -0.25) is 4.79 Å². The number of pyridine rings is 1. The number of carbonyl (C=O) groups is 1. The smallest absolute Gasteiger partial charge is 0.273 e. The van der Waals surface area contributed by atoms with Crippen molar-refractivity contribution < 1.29 is 9.90 Å². The van der Waals surface area contributed by atoms with E-state index in [9.17, 15) is 15.2 Å². The molecular formula is C24H27N7O2. The first kappa shape index (κ1) is 21.3. The van der Waals surface area contributed by atoms with Crippen molar-refractivity contribution in [2.75, 3.05) is 24.5 Å². The third kappa shape index (κ3) is 3.91. The molecule has 33 heavy (non-hydrogen) atoms. The lowest BCUT2D eigenvalue weighted by atomic mass is 9.99. The number of nitriles is 1. The molecule has 0 saturated carbocycles. The van der Waals surface area contributed by atoms with Crippen LogP contribution in [0.15, 0.2) is 30.5 Å². The van der Waals surface area contributed by atoms with Crippen LogP contribution in [0.4, 0.5) is 5.82 Å². The van der Waals surface area contributed by atoms with E-state index in [1.165, 1.54) is 0 Å². The van der Waals surface area contributed by atoms with E-state index in [1.54, 1.807) is 10.6 Å². The number of aliphatic hydroxyl groups excluding tert-OH is 1. The second-order valence-corrected chi connectivity index (χ2v) is 9.00. The lowest BCUT2D eigenvalue weighted by Crippen LogP contribution is -2.39. The van der Waals surface area contributed by atoms with E-state index >= 15 is 0 Å². The van der Waals surface area contributed by atoms with Gasteiger partial charge in [-0.15, -0.1) is 0 Å². The minimum Gasteiger partial charge on any atom is -0.390 e. The van der Waals surface area contributed by atoms with E-state index in [0.717, 1.165) is 42.0 Å². The average Bonchev–Trinajstić information content (AvgIpc) is 3.40. The molecule has 2 fully saturated rings. The van der Waals surface area contributed by atoms with Gasteiger partial charge in [-0.1, -0.05) is 6.07 Å². The number of anilines is 1. The number of hydrogen-bond donors (Lipinski definition) is 1. The maximum Gasteiger partial charge on any atom is 0.273 e. The Bertz CT molecular complexity index is 1250. The van der Waals surface area contributed by atoms with Crippen molar-refractivity contribution in [3.63, 3.8) is 0 Å². The maximum atomic E-state index is 13.3. The van der Waals surface area contributed by atoms with Crippen LogP contribution in [0.25, 0.3) is 5.65 Å². The number of β-amino-alcohol motifs (C(OH)–C–C–N with tert-alkyl or cyclic N) is 1. The highest BCUT2D eigenvalue weighted by molar-refractivity contribution is 5.92. The zero-order valence-corrected chi connectivity index (χ0v) is 18.8. The molecule has 5 rings (SSSR count). The summed E-state index contributed by atoms with van der Waals surface area (Å²) < 4.78 is 1.75. The number of amides is 1. The van der Waals surface area contributed by atoms with Gasteiger partial charge in [0.25, 0.3) is 5.91 Å². The third-order valence-electron chi connectivity index (χ3n) is 6.59. The largest absolute Gasteiger partial charge is 0.390 e. The van der Waals surface area contributed by atoms with Crippen LogP contribution in [0.1, 0.15) is 52.7 Å². The van der Waals surface area contributed by atoms with Gasteiger partial charge in [0.1, 0.15) is 11.5 Å². The molecule has 0 spiro atoms. The normalized spacial score (nSPS) is 23.2. The van der Waals surface area contributed by atoms with Crippen LogP contribution < -0.4 is 4.90 Å². The number of nitrogens with zero attached hydrogens (tertiary/aromatic N) is 7. The topological polar surface area (TPSA) is 111 Å². The van der Waals surface area contributed by atoms with Crippen LogP contribution in [0.2, 0.25) is 0 Å². The second-order valence-electron chi connectivity index (χ2n) is 9.00. The number of piperidine rings is 1. The van der Waals surface area contributed by atoms with E-state index in [2.05, 4.69) is 11.1 Å². The van der Waals surface area contributed by atoms with Gasteiger partial charge in [-0.25, -0.2) is 14.5 Å². The summed E-state index contributed by atoms with van der Waals surface area (Å²) in [5.41, 5.74) is 3.70. The fraction of sp³-hybridized carbons (Fsp3) is 0.458. The van der Waals surface area contributed by atoms with E-state index in [4.69, 9.17) is 10.1 Å². The fourth-order valence-electron chi connectivity index (χ4n) is 4.88. The van der Waals surface area contributed by atoms with Crippen molar-refractivity contribution in [2.24, 2.45) is 5.92 Å². The van der Waals surface area contributed by atoms with E-state index in [1.807, 2.05) is 48.0 Å². The van der Waals surface area contributed by atoms with Crippen LogP contribution in [0.5, 0.6) is 0 Å². The van der Waals surface area contributed by atoms with Crippen molar-refractivity contribution in [3.05, 3.63) is 53.1 Å². The van der Waals surface area contributed by atoms with E-state index in [0.29, 0.717) is 31.0 Å². The number of carbonyl (C=O) groups excluding carboxylic acids is 1. The highest BCUT2D eigenvalue weighted by Gasteiger charge is 2.34. The lowest BCUT2D eigenvalue weighted by molar-refractivity contribution is 0.0599. The van der Waals surface area contributed by atoms with Crippen LogP contribution in [0.3, 0.4) is 0 Å². The summed E-state index contributed by atoms with van der Waals surface area (Å²) in [5, 5.41) is 24.2. The van der Waals surface area contributed by atoms with Gasteiger partial charge >= 0.3 is 0 Å². The van der Waals surface area contributed by atoms with Gasteiger partial charge in [0, 0.05) is 43.2 Å². The van der Waals surface area contributed by atoms with Gasteiger partial charge in [0.15, 0.2) is 5.65 Å². The van der Waals surface area contributed by atoms with Crippen molar-refractivity contribution in [1.82, 2.24) is 24.5 Å². The molecule has 2 aliphatic rings. The van der Waals surface area contributed by atoms with Crippen molar-refractivity contribution >= 4 is 17.4 Å². The Hall–Kier alpha value is -3.51. The molecule has 2 aliphatic heterocycles. The molecule has 0 unspecified atom stereocenters. The van der Waals surface area contributed by atoms with Crippen molar-refractivity contribution in [2.45, 2.75) is 45.3 Å². The molecule has 3 aromatic rings. The van der Waals surface area contributed by atoms with E-state index in [-0.39, 0.29) is 11.9 Å². The Labute approximate surface area is 192 Å². The molecule has 5 heterocycles. The Morgan fingerprint density at radius 3 is 2.82 bits per heavy atom. The zero-order chi connectivity index (χ0) is 23.1. The maximum absolute atomic E-state index is 13.3. The average molecular weight is 446 g/mol. The molecule has 0 bridgehead atoms. The molecular weight excluding hydrogens is 418 g/mol. The van der Waals surface area contributed by atoms with Gasteiger partial charge in [0.05, 0.1) is 29.8 Å². The first-order valence-corrected chi connectivity index (χ1v) is 11.4. The predicted octanol–water partition coefficient (Wildman–Crippen LogP) is 2.43. The van der Waals surface area contributed by atoms with E-state index < -0.39 is 12.0 Å². The molecule has 2 saturated heterocycles. The quantitative estimate of drug-likeness (QED) is 0.659. The van der Waals surface area contributed by atoms with Crippen LogP contribution >= 0.6 is 0 Å². The van der Waals surface area contributed by atoms with Gasteiger partial charge < -0.3 is 14.9 Å². The number of rotatable bonds is 3. The molecule has 170 valence electrons. The fourth-order valence-corrected chi connectivity index (χ4v) is 4.88. The number of likely N-dealkylation sites (tertiary alicyclic amines) is 1. The molecule has 9 heteroatoms. The number of fused-ring (bicyclic) bond motifs is 1. The monoisotopic (exact) mass is 445 g/mol. The molecule has 0 aliphatic carbocycles. The molecule has 3 aromatic heterocycles. The van der Waals surface area contributed by atoms with Gasteiger partial charge in [-0.05, 0) is 45.2 Å². The first-order valence-electron chi connectivity index (χ1n) is 11.4. The molecule has 9 nitrogen and oxygen atoms in total. The van der Waals surface area contributed by atoms with Gasteiger partial charge in [-0.2, -0.15) is 10.4 Å². The Morgan fingerprint density at radius 2 is 2.06 bits per heavy atom. The Morgan fingerprint density at radius 1 is 1.21 bits per heavy atom. The summed E-state index contributed by atoms with van der Waals surface area (Å²) in [6, 6.07) is 9.49.